The maximum absolute atomic E-state index is 12.1. The van der Waals surface area contributed by atoms with Gasteiger partial charge in [0.15, 0.2) is 0 Å². The van der Waals surface area contributed by atoms with Gasteiger partial charge >= 0.3 is 12.0 Å². The number of anilines is 1. The second kappa shape index (κ2) is 6.00. The minimum atomic E-state index is -1.05. The number of thioether (sulfide) groups is 1. The number of carboxylic acids is 1. The van der Waals surface area contributed by atoms with Crippen molar-refractivity contribution in [3.63, 3.8) is 0 Å². The number of aryl methyl sites for hydroxylation is 1. The van der Waals surface area contributed by atoms with Crippen LogP contribution >= 0.6 is 11.8 Å². The zero-order valence-corrected chi connectivity index (χ0v) is 11.9. The number of nitrogens with one attached hydrogen (secondary N) is 1. The van der Waals surface area contributed by atoms with Gasteiger partial charge in [0, 0.05) is 23.6 Å². The molecular weight excluding hydrogens is 298 g/mol. The van der Waals surface area contributed by atoms with Gasteiger partial charge in [-0.05, 0) is 18.6 Å². The van der Waals surface area contributed by atoms with Gasteiger partial charge in [-0.2, -0.15) is 0 Å². The molecule has 0 aromatic heterocycles. The van der Waals surface area contributed by atoms with E-state index >= 15 is 0 Å². The van der Waals surface area contributed by atoms with Gasteiger partial charge in [0.05, 0.1) is 10.8 Å². The van der Waals surface area contributed by atoms with E-state index in [-0.39, 0.29) is 5.69 Å². The molecular formula is C12H13N3O5S. The first-order valence-corrected chi connectivity index (χ1v) is 7.19. The number of amides is 2. The van der Waals surface area contributed by atoms with Crippen molar-refractivity contribution in [3.8, 4) is 0 Å². The van der Waals surface area contributed by atoms with Crippen LogP contribution in [0.4, 0.5) is 16.2 Å². The summed E-state index contributed by atoms with van der Waals surface area (Å²) in [5.74, 6) is -0.396. The molecule has 1 aromatic carbocycles. The molecule has 2 rings (SSSR count). The Morgan fingerprint density at radius 3 is 2.81 bits per heavy atom. The Bertz CT molecular complexity index is 607. The first-order valence-electron chi connectivity index (χ1n) is 6.03. The Morgan fingerprint density at radius 2 is 2.24 bits per heavy atom. The molecule has 9 heteroatoms. The highest BCUT2D eigenvalue weighted by molar-refractivity contribution is 7.99. The van der Waals surface area contributed by atoms with Crippen LogP contribution in [-0.2, 0) is 4.79 Å². The third-order valence-corrected chi connectivity index (χ3v) is 4.10. The molecule has 21 heavy (non-hydrogen) atoms. The maximum atomic E-state index is 12.1. The molecule has 0 saturated carbocycles. The van der Waals surface area contributed by atoms with Crippen LogP contribution in [0.2, 0.25) is 0 Å². The summed E-state index contributed by atoms with van der Waals surface area (Å²) in [6.07, 6.45) is 0. The number of non-ortho nitro benzene ring substituents is 1. The number of nitrogens with zero attached hydrogens (tertiary/aromatic N) is 2. The Kier molecular flexibility index (Phi) is 4.32. The lowest BCUT2D eigenvalue weighted by Gasteiger charge is -2.21. The highest BCUT2D eigenvalue weighted by Gasteiger charge is 2.34. The SMILES string of the molecule is Cc1cc([N+](=O)[O-])ccc1NC(=O)N1CSC[C@H]1C(=O)O. The Labute approximate surface area is 124 Å². The lowest BCUT2D eigenvalue weighted by atomic mass is 10.2. The molecule has 1 fully saturated rings. The molecule has 1 atom stereocenters. The highest BCUT2D eigenvalue weighted by atomic mass is 32.2. The van der Waals surface area contributed by atoms with Crippen LogP contribution in [0.25, 0.3) is 0 Å². The van der Waals surface area contributed by atoms with Crippen molar-refractivity contribution in [1.29, 1.82) is 0 Å². The topological polar surface area (TPSA) is 113 Å². The normalized spacial score (nSPS) is 17.6. The van der Waals surface area contributed by atoms with E-state index in [2.05, 4.69) is 5.32 Å². The number of aliphatic carboxylic acids is 1. The number of urea groups is 1. The second-order valence-corrected chi connectivity index (χ2v) is 5.51. The van der Waals surface area contributed by atoms with Crippen molar-refractivity contribution in [1.82, 2.24) is 4.90 Å². The van der Waals surface area contributed by atoms with E-state index in [1.807, 2.05) is 0 Å². The molecule has 1 saturated heterocycles. The zero-order chi connectivity index (χ0) is 15.6. The fourth-order valence-electron chi connectivity index (χ4n) is 1.94. The van der Waals surface area contributed by atoms with E-state index in [4.69, 9.17) is 5.11 Å². The highest BCUT2D eigenvalue weighted by Crippen LogP contribution is 2.25. The maximum Gasteiger partial charge on any atom is 0.327 e. The van der Waals surface area contributed by atoms with Gasteiger partial charge in [-0.25, -0.2) is 9.59 Å². The van der Waals surface area contributed by atoms with Gasteiger partial charge in [0.25, 0.3) is 5.69 Å². The van der Waals surface area contributed by atoms with Gasteiger partial charge in [-0.3, -0.25) is 10.1 Å². The summed E-state index contributed by atoms with van der Waals surface area (Å²) in [5.41, 5.74) is 0.897. The summed E-state index contributed by atoms with van der Waals surface area (Å²) < 4.78 is 0. The summed E-state index contributed by atoms with van der Waals surface area (Å²) in [6, 6.07) is 2.70. The summed E-state index contributed by atoms with van der Waals surface area (Å²) in [4.78, 5) is 34.5. The zero-order valence-electron chi connectivity index (χ0n) is 11.1. The van der Waals surface area contributed by atoms with Crippen LogP contribution in [0.15, 0.2) is 18.2 Å². The fraction of sp³-hybridized carbons (Fsp3) is 0.333. The molecule has 112 valence electrons. The number of carbonyl (C=O) groups excluding carboxylic acids is 1. The van der Waals surface area contributed by atoms with Crippen molar-refractivity contribution in [2.45, 2.75) is 13.0 Å². The van der Waals surface area contributed by atoms with Gasteiger partial charge in [0.2, 0.25) is 0 Å². The van der Waals surface area contributed by atoms with E-state index in [1.165, 1.54) is 34.9 Å². The number of nitro benzene ring substituents is 1. The first kappa shape index (κ1) is 15.1. The molecule has 1 aromatic rings. The Balaban J connectivity index is 2.13. The van der Waals surface area contributed by atoms with Gasteiger partial charge in [0.1, 0.15) is 6.04 Å². The number of nitro groups is 1. The van der Waals surface area contributed by atoms with Crippen molar-refractivity contribution in [2.75, 3.05) is 16.9 Å². The minimum Gasteiger partial charge on any atom is -0.480 e. The minimum absolute atomic E-state index is 0.0642. The Morgan fingerprint density at radius 1 is 1.52 bits per heavy atom. The van der Waals surface area contributed by atoms with E-state index < -0.39 is 23.0 Å². The number of carbonyl (C=O) groups is 2. The number of benzene rings is 1. The molecule has 1 aliphatic heterocycles. The van der Waals surface area contributed by atoms with Crippen molar-refractivity contribution < 1.29 is 19.6 Å². The molecule has 8 nitrogen and oxygen atoms in total. The van der Waals surface area contributed by atoms with Gasteiger partial charge in [-0.1, -0.05) is 0 Å². The van der Waals surface area contributed by atoms with E-state index in [0.717, 1.165) is 0 Å². The molecule has 0 radical (unpaired) electrons. The van der Waals surface area contributed by atoms with Crippen molar-refractivity contribution in [2.24, 2.45) is 0 Å². The smallest absolute Gasteiger partial charge is 0.327 e. The molecule has 2 N–H and O–H groups in total. The van der Waals surface area contributed by atoms with Crippen molar-refractivity contribution in [3.05, 3.63) is 33.9 Å². The average molecular weight is 311 g/mol. The van der Waals surface area contributed by atoms with E-state index in [0.29, 0.717) is 22.9 Å². The number of carboxylic acid groups (broad SMARTS) is 1. The van der Waals surface area contributed by atoms with Crippen LogP contribution in [0, 0.1) is 17.0 Å². The van der Waals surface area contributed by atoms with Gasteiger partial charge in [-0.15, -0.1) is 11.8 Å². The average Bonchev–Trinajstić information content (AvgIpc) is 2.90. The monoisotopic (exact) mass is 311 g/mol. The summed E-state index contributed by atoms with van der Waals surface area (Å²) >= 11 is 1.36. The van der Waals surface area contributed by atoms with E-state index in [9.17, 15) is 19.7 Å². The molecule has 0 spiro atoms. The predicted molar refractivity (Wildman–Crippen MR) is 77.4 cm³/mol. The predicted octanol–water partition coefficient (Wildman–Crippen LogP) is 1.89. The molecule has 2 amide bonds. The third-order valence-electron chi connectivity index (χ3n) is 3.09. The van der Waals surface area contributed by atoms with Gasteiger partial charge < -0.3 is 15.3 Å². The van der Waals surface area contributed by atoms with Crippen LogP contribution < -0.4 is 5.32 Å². The van der Waals surface area contributed by atoms with Crippen LogP contribution in [0.1, 0.15) is 5.56 Å². The van der Waals surface area contributed by atoms with Crippen LogP contribution in [-0.4, -0.2) is 44.6 Å². The van der Waals surface area contributed by atoms with E-state index in [1.54, 1.807) is 6.92 Å². The molecule has 1 aliphatic rings. The lowest BCUT2D eigenvalue weighted by Crippen LogP contribution is -2.44. The molecule has 0 aliphatic carbocycles. The summed E-state index contributed by atoms with van der Waals surface area (Å²) in [7, 11) is 0. The second-order valence-electron chi connectivity index (χ2n) is 4.51. The summed E-state index contributed by atoms with van der Waals surface area (Å²) in [5, 5.41) is 22.3. The molecule has 0 bridgehead atoms. The number of hydrogen-bond donors (Lipinski definition) is 2. The third kappa shape index (κ3) is 3.24. The standard InChI is InChI=1S/C12H13N3O5S/c1-7-4-8(15(19)20)2-3-9(7)13-12(18)14-6-21-5-10(14)11(16)17/h2-4,10H,5-6H2,1H3,(H,13,18)(H,16,17)/t10-/m0/s1. The van der Waals surface area contributed by atoms with Crippen LogP contribution in [0.3, 0.4) is 0 Å². The molecule has 1 heterocycles. The van der Waals surface area contributed by atoms with Crippen LogP contribution in [0.5, 0.6) is 0 Å². The molecule has 0 unspecified atom stereocenters. The fourth-order valence-corrected chi connectivity index (χ4v) is 3.08. The number of rotatable bonds is 3. The lowest BCUT2D eigenvalue weighted by molar-refractivity contribution is -0.384. The first-order chi connectivity index (χ1) is 9.90. The number of hydrogen-bond acceptors (Lipinski definition) is 5. The quantitative estimate of drug-likeness (QED) is 0.651. The Hall–Kier alpha value is -2.29. The largest absolute Gasteiger partial charge is 0.480 e. The van der Waals surface area contributed by atoms with Crippen molar-refractivity contribution >= 4 is 35.1 Å². The summed E-state index contributed by atoms with van der Waals surface area (Å²) in [6.45, 7) is 1.63.